The minimum atomic E-state index is -0.210. The van der Waals surface area contributed by atoms with Gasteiger partial charge in [0.15, 0.2) is 0 Å². The summed E-state index contributed by atoms with van der Waals surface area (Å²) >= 11 is 0. The Morgan fingerprint density at radius 2 is 1.89 bits per heavy atom. The van der Waals surface area contributed by atoms with Gasteiger partial charge >= 0.3 is 6.03 Å². The maximum absolute atomic E-state index is 12.4. The molecule has 146 valence electrons. The summed E-state index contributed by atoms with van der Waals surface area (Å²) in [6, 6.07) is 16.0. The van der Waals surface area contributed by atoms with Gasteiger partial charge in [0.05, 0.1) is 0 Å². The molecule has 1 saturated heterocycles. The molecule has 0 atom stereocenters. The molecule has 0 radical (unpaired) electrons. The predicted molar refractivity (Wildman–Crippen MR) is 109 cm³/mol. The average molecular weight is 378 g/mol. The molecule has 1 fully saturated rings. The van der Waals surface area contributed by atoms with E-state index >= 15 is 0 Å². The van der Waals surface area contributed by atoms with Gasteiger partial charge in [-0.25, -0.2) is 4.79 Å². The maximum atomic E-state index is 12.4. The van der Waals surface area contributed by atoms with Gasteiger partial charge in [0.1, 0.15) is 0 Å². The van der Waals surface area contributed by atoms with E-state index in [2.05, 4.69) is 45.1 Å². The number of rotatable bonds is 4. The number of carbonyl (C=O) groups is 2. The molecule has 3 N–H and O–H groups in total. The molecule has 6 heteroatoms. The Bertz CT molecular complexity index is 845. The molecule has 4 rings (SSSR count). The lowest BCUT2D eigenvalue weighted by atomic mass is 10.00. The summed E-state index contributed by atoms with van der Waals surface area (Å²) in [7, 11) is 0. The number of hydrogen-bond acceptors (Lipinski definition) is 3. The molecule has 2 aromatic carbocycles. The first-order valence-corrected chi connectivity index (χ1v) is 9.92. The molecule has 2 aliphatic rings. The Kier molecular flexibility index (Phi) is 5.58. The van der Waals surface area contributed by atoms with Crippen LogP contribution in [0.1, 0.15) is 34.3 Å². The third kappa shape index (κ3) is 4.51. The van der Waals surface area contributed by atoms with E-state index in [4.69, 9.17) is 0 Å². The van der Waals surface area contributed by atoms with Crippen molar-refractivity contribution < 1.29 is 9.59 Å². The van der Waals surface area contributed by atoms with Gasteiger partial charge in [0.25, 0.3) is 5.91 Å². The van der Waals surface area contributed by atoms with E-state index < -0.39 is 0 Å². The van der Waals surface area contributed by atoms with Gasteiger partial charge in [-0.05, 0) is 42.5 Å². The highest BCUT2D eigenvalue weighted by Crippen LogP contribution is 2.19. The van der Waals surface area contributed by atoms with E-state index in [9.17, 15) is 9.59 Å². The van der Waals surface area contributed by atoms with Gasteiger partial charge in [-0.15, -0.1) is 0 Å². The number of likely N-dealkylation sites (tertiary alicyclic amines) is 1. The first kappa shape index (κ1) is 18.5. The largest absolute Gasteiger partial charge is 0.352 e. The fourth-order valence-corrected chi connectivity index (χ4v) is 3.92. The van der Waals surface area contributed by atoms with Crippen LogP contribution in [0.3, 0.4) is 0 Å². The van der Waals surface area contributed by atoms with Crippen LogP contribution in [0.15, 0.2) is 48.5 Å². The van der Waals surface area contributed by atoms with Crippen LogP contribution in [-0.4, -0.2) is 42.5 Å². The second-order valence-electron chi connectivity index (χ2n) is 7.51. The van der Waals surface area contributed by atoms with Crippen molar-refractivity contribution in [2.24, 2.45) is 0 Å². The summed E-state index contributed by atoms with van der Waals surface area (Å²) in [5.74, 6) is -0.0731. The van der Waals surface area contributed by atoms with Gasteiger partial charge in [0.2, 0.25) is 0 Å². The van der Waals surface area contributed by atoms with Gasteiger partial charge in [-0.3, -0.25) is 9.69 Å². The quantitative estimate of drug-likeness (QED) is 0.766. The van der Waals surface area contributed by atoms with Crippen LogP contribution in [0, 0.1) is 0 Å². The Balaban J connectivity index is 1.26. The van der Waals surface area contributed by atoms with E-state index in [0.29, 0.717) is 17.8 Å². The predicted octanol–water partition coefficient (Wildman–Crippen LogP) is 2.76. The van der Waals surface area contributed by atoms with Gasteiger partial charge in [-0.2, -0.15) is 0 Å². The Morgan fingerprint density at radius 3 is 2.68 bits per heavy atom. The molecule has 28 heavy (non-hydrogen) atoms. The van der Waals surface area contributed by atoms with Crippen molar-refractivity contribution in [1.82, 2.24) is 15.5 Å². The number of anilines is 1. The summed E-state index contributed by atoms with van der Waals surface area (Å²) in [4.78, 5) is 26.7. The number of piperidine rings is 1. The number of benzene rings is 2. The molecular formula is C22H26N4O2. The summed E-state index contributed by atoms with van der Waals surface area (Å²) in [5, 5.41) is 8.77. The molecule has 3 amide bonds. The molecule has 0 bridgehead atoms. The number of carbonyl (C=O) groups excluding carboxylic acids is 2. The molecule has 0 saturated carbocycles. The van der Waals surface area contributed by atoms with E-state index in [0.717, 1.165) is 44.5 Å². The highest BCUT2D eigenvalue weighted by atomic mass is 16.2. The monoisotopic (exact) mass is 378 g/mol. The van der Waals surface area contributed by atoms with Crippen molar-refractivity contribution in [1.29, 1.82) is 0 Å². The Hall–Kier alpha value is -2.86. The topological polar surface area (TPSA) is 73.5 Å². The van der Waals surface area contributed by atoms with E-state index in [1.54, 1.807) is 6.07 Å². The molecule has 0 unspecified atom stereocenters. The highest BCUT2D eigenvalue weighted by Gasteiger charge is 2.21. The van der Waals surface area contributed by atoms with Crippen molar-refractivity contribution in [3.63, 3.8) is 0 Å². The standard InChI is InChI=1S/C22H26N4O2/c27-21-20-14-19(7-6-17(20)8-11-23-21)25-22(28)24-18-9-12-26(13-10-18)15-16-4-2-1-3-5-16/h1-7,14,18H,8-13,15H2,(H,23,27)(H2,24,25,28). The molecule has 2 aliphatic heterocycles. The zero-order chi connectivity index (χ0) is 19.3. The lowest BCUT2D eigenvalue weighted by Gasteiger charge is -2.32. The molecule has 0 spiro atoms. The summed E-state index contributed by atoms with van der Waals surface area (Å²) < 4.78 is 0. The number of urea groups is 1. The third-order valence-electron chi connectivity index (χ3n) is 5.46. The van der Waals surface area contributed by atoms with E-state index in [-0.39, 0.29) is 18.0 Å². The first-order chi connectivity index (χ1) is 13.7. The second kappa shape index (κ2) is 8.44. The molecule has 0 aromatic heterocycles. The second-order valence-corrected chi connectivity index (χ2v) is 7.51. The SMILES string of the molecule is O=C(Nc1ccc2c(c1)C(=O)NCC2)NC1CCN(Cc2ccccc2)CC1. The summed E-state index contributed by atoms with van der Waals surface area (Å²) in [5.41, 5.74) is 3.65. The van der Waals surface area contributed by atoms with Crippen molar-refractivity contribution in [3.05, 3.63) is 65.2 Å². The van der Waals surface area contributed by atoms with Crippen LogP contribution in [0.25, 0.3) is 0 Å². The normalized spacial score (nSPS) is 17.5. The van der Waals surface area contributed by atoms with Crippen LogP contribution < -0.4 is 16.0 Å². The van der Waals surface area contributed by atoms with E-state index in [1.807, 2.05) is 18.2 Å². The van der Waals surface area contributed by atoms with Crippen LogP contribution in [0.5, 0.6) is 0 Å². The van der Waals surface area contributed by atoms with Crippen LogP contribution in [0.2, 0.25) is 0 Å². The lowest BCUT2D eigenvalue weighted by molar-refractivity contribution is 0.0946. The zero-order valence-corrected chi connectivity index (χ0v) is 15.9. The fourth-order valence-electron chi connectivity index (χ4n) is 3.92. The minimum absolute atomic E-state index is 0.0731. The van der Waals surface area contributed by atoms with Crippen molar-refractivity contribution in [2.75, 3.05) is 25.0 Å². The minimum Gasteiger partial charge on any atom is -0.352 e. The number of fused-ring (bicyclic) bond motifs is 1. The molecule has 2 aromatic rings. The fraction of sp³-hybridized carbons (Fsp3) is 0.364. The van der Waals surface area contributed by atoms with Gasteiger partial charge in [0, 0.05) is 43.5 Å². The molecular weight excluding hydrogens is 352 g/mol. The summed E-state index contributed by atoms with van der Waals surface area (Å²) in [6.45, 7) is 3.57. The van der Waals surface area contributed by atoms with Crippen LogP contribution in [-0.2, 0) is 13.0 Å². The molecule has 2 heterocycles. The van der Waals surface area contributed by atoms with Crippen molar-refractivity contribution in [2.45, 2.75) is 31.8 Å². The molecule has 0 aliphatic carbocycles. The number of amides is 3. The zero-order valence-electron chi connectivity index (χ0n) is 15.9. The number of nitrogens with one attached hydrogen (secondary N) is 3. The van der Waals surface area contributed by atoms with Crippen molar-refractivity contribution >= 4 is 17.6 Å². The first-order valence-electron chi connectivity index (χ1n) is 9.92. The summed E-state index contributed by atoms with van der Waals surface area (Å²) in [6.07, 6.45) is 2.70. The number of hydrogen-bond donors (Lipinski definition) is 3. The van der Waals surface area contributed by atoms with E-state index in [1.165, 1.54) is 5.56 Å². The van der Waals surface area contributed by atoms with Crippen LogP contribution >= 0.6 is 0 Å². The lowest BCUT2D eigenvalue weighted by Crippen LogP contribution is -2.45. The Labute approximate surface area is 165 Å². The maximum Gasteiger partial charge on any atom is 0.319 e. The van der Waals surface area contributed by atoms with Crippen LogP contribution in [0.4, 0.5) is 10.5 Å². The third-order valence-corrected chi connectivity index (χ3v) is 5.46. The average Bonchev–Trinajstić information content (AvgIpc) is 2.71. The van der Waals surface area contributed by atoms with Crippen molar-refractivity contribution in [3.8, 4) is 0 Å². The smallest absolute Gasteiger partial charge is 0.319 e. The molecule has 6 nitrogen and oxygen atoms in total. The number of nitrogens with zero attached hydrogens (tertiary/aromatic N) is 1. The highest BCUT2D eigenvalue weighted by molar-refractivity contribution is 5.99. The van der Waals surface area contributed by atoms with Gasteiger partial charge in [-0.1, -0.05) is 36.4 Å². The van der Waals surface area contributed by atoms with Gasteiger partial charge < -0.3 is 16.0 Å². The Morgan fingerprint density at radius 1 is 1.11 bits per heavy atom.